The van der Waals surface area contributed by atoms with E-state index in [1.165, 1.54) is 0 Å². The summed E-state index contributed by atoms with van der Waals surface area (Å²) in [5.74, 6) is 1.14. The first kappa shape index (κ1) is 11.1. The Bertz CT molecular complexity index is 397. The highest BCUT2D eigenvalue weighted by molar-refractivity contribution is 7.99. The van der Waals surface area contributed by atoms with Gasteiger partial charge in [-0.05, 0) is 6.07 Å². The molecular formula is C11H14N2O2S. The van der Waals surface area contributed by atoms with Crippen molar-refractivity contribution in [2.24, 2.45) is 0 Å². The molecule has 2 amide bonds. The molecule has 1 aliphatic rings. The van der Waals surface area contributed by atoms with E-state index in [2.05, 4.69) is 5.32 Å². The third-order valence-electron chi connectivity index (χ3n) is 2.57. The van der Waals surface area contributed by atoms with Crippen molar-refractivity contribution in [3.63, 3.8) is 0 Å². The van der Waals surface area contributed by atoms with Crippen LogP contribution in [-0.2, 0) is 0 Å². The maximum absolute atomic E-state index is 11.6. The third kappa shape index (κ3) is 1.95. The minimum Gasteiger partial charge on any atom is -0.508 e. The zero-order valence-electron chi connectivity index (χ0n) is 9.01. The fourth-order valence-electron chi connectivity index (χ4n) is 1.78. The number of phenols is 1. The molecule has 5 heteroatoms. The quantitative estimate of drug-likeness (QED) is 0.784. The number of hydrogen-bond acceptors (Lipinski definition) is 3. The van der Waals surface area contributed by atoms with Crippen molar-refractivity contribution < 1.29 is 9.90 Å². The Kier molecular flexibility index (Phi) is 3.24. The summed E-state index contributed by atoms with van der Waals surface area (Å²) in [5.41, 5.74) is 0.800. The van der Waals surface area contributed by atoms with Crippen LogP contribution in [0.1, 0.15) is 10.9 Å². The number of amides is 2. The lowest BCUT2D eigenvalue weighted by Crippen LogP contribution is -2.37. The zero-order chi connectivity index (χ0) is 11.5. The Balaban J connectivity index is 2.27. The third-order valence-corrected chi connectivity index (χ3v) is 3.81. The van der Waals surface area contributed by atoms with Gasteiger partial charge in [-0.2, -0.15) is 0 Å². The molecule has 4 nitrogen and oxygen atoms in total. The summed E-state index contributed by atoms with van der Waals surface area (Å²) in [6, 6.07) is 7.06. The topological polar surface area (TPSA) is 52.6 Å². The molecule has 1 aromatic rings. The lowest BCUT2D eigenvalue weighted by Gasteiger charge is -2.23. The number of nitrogens with zero attached hydrogens (tertiary/aromatic N) is 1. The molecule has 1 unspecified atom stereocenters. The summed E-state index contributed by atoms with van der Waals surface area (Å²) in [5, 5.41) is 12.3. The second-order valence-corrected chi connectivity index (χ2v) is 4.72. The first-order valence-electron chi connectivity index (χ1n) is 5.12. The van der Waals surface area contributed by atoms with E-state index in [4.69, 9.17) is 0 Å². The van der Waals surface area contributed by atoms with E-state index in [1.807, 2.05) is 12.1 Å². The lowest BCUT2D eigenvalue weighted by molar-refractivity contribution is 0.202. The highest BCUT2D eigenvalue weighted by atomic mass is 32.2. The Hall–Kier alpha value is -1.36. The van der Waals surface area contributed by atoms with E-state index in [1.54, 1.807) is 35.8 Å². The number of thioether (sulfide) groups is 1. The van der Waals surface area contributed by atoms with Crippen molar-refractivity contribution >= 4 is 17.8 Å². The predicted octanol–water partition coefficient (Wildman–Crippen LogP) is 1.78. The number of para-hydroxylation sites is 1. The Morgan fingerprint density at radius 3 is 3.00 bits per heavy atom. The van der Waals surface area contributed by atoms with Crippen molar-refractivity contribution in [3.8, 4) is 5.75 Å². The summed E-state index contributed by atoms with van der Waals surface area (Å²) in [4.78, 5) is 13.4. The number of urea groups is 1. The van der Waals surface area contributed by atoms with Gasteiger partial charge in [-0.1, -0.05) is 18.2 Å². The first-order chi connectivity index (χ1) is 7.74. The molecule has 1 aliphatic heterocycles. The number of phenolic OH excluding ortho intramolecular Hbond substituents is 1. The molecule has 16 heavy (non-hydrogen) atoms. The molecule has 1 atom stereocenters. The van der Waals surface area contributed by atoms with Crippen LogP contribution in [0.5, 0.6) is 5.75 Å². The molecule has 0 aliphatic carbocycles. The van der Waals surface area contributed by atoms with Crippen LogP contribution in [-0.4, -0.2) is 35.4 Å². The molecular weight excluding hydrogens is 224 g/mol. The molecule has 86 valence electrons. The maximum Gasteiger partial charge on any atom is 0.318 e. The van der Waals surface area contributed by atoms with Crippen molar-refractivity contribution in [1.82, 2.24) is 10.2 Å². The van der Waals surface area contributed by atoms with E-state index in [9.17, 15) is 9.90 Å². The van der Waals surface area contributed by atoms with Crippen LogP contribution in [0, 0.1) is 0 Å². The van der Waals surface area contributed by atoms with E-state index in [0.717, 1.165) is 11.3 Å². The first-order valence-corrected chi connectivity index (χ1v) is 6.16. The molecule has 0 spiro atoms. The monoisotopic (exact) mass is 238 g/mol. The van der Waals surface area contributed by atoms with Crippen molar-refractivity contribution in [2.75, 3.05) is 19.3 Å². The van der Waals surface area contributed by atoms with Gasteiger partial charge in [0.05, 0.1) is 0 Å². The number of carbonyl (C=O) groups is 1. The fourth-order valence-corrected chi connectivity index (χ4v) is 3.06. The van der Waals surface area contributed by atoms with Crippen LogP contribution >= 0.6 is 11.8 Å². The van der Waals surface area contributed by atoms with Crippen molar-refractivity contribution in [3.05, 3.63) is 29.8 Å². The van der Waals surface area contributed by atoms with Crippen LogP contribution in [0.15, 0.2) is 24.3 Å². The number of aromatic hydroxyl groups is 1. The number of hydrogen-bond donors (Lipinski definition) is 2. The normalized spacial score (nSPS) is 19.8. The molecule has 0 saturated carbocycles. The second kappa shape index (κ2) is 4.65. The van der Waals surface area contributed by atoms with Crippen LogP contribution in [0.3, 0.4) is 0 Å². The molecule has 2 rings (SSSR count). The van der Waals surface area contributed by atoms with Gasteiger partial charge in [-0.25, -0.2) is 4.79 Å². The number of carbonyl (C=O) groups excluding carboxylic acids is 1. The molecule has 1 aromatic carbocycles. The van der Waals surface area contributed by atoms with Gasteiger partial charge < -0.3 is 15.3 Å². The van der Waals surface area contributed by atoms with Crippen molar-refractivity contribution in [1.29, 1.82) is 0 Å². The molecule has 1 fully saturated rings. The van der Waals surface area contributed by atoms with E-state index >= 15 is 0 Å². The van der Waals surface area contributed by atoms with Crippen molar-refractivity contribution in [2.45, 2.75) is 5.37 Å². The Morgan fingerprint density at radius 1 is 1.56 bits per heavy atom. The van der Waals surface area contributed by atoms with Crippen LogP contribution in [0.2, 0.25) is 0 Å². The average molecular weight is 238 g/mol. The van der Waals surface area contributed by atoms with Gasteiger partial charge in [0, 0.05) is 24.9 Å². The summed E-state index contributed by atoms with van der Waals surface area (Å²) < 4.78 is 0. The fraction of sp³-hybridized carbons (Fsp3) is 0.364. The van der Waals surface area contributed by atoms with Gasteiger partial charge in [0.25, 0.3) is 0 Å². The predicted molar refractivity (Wildman–Crippen MR) is 64.5 cm³/mol. The standard InChI is InChI=1S/C11H14N2O2S/c1-12-11(15)13-6-7-16-10(13)8-4-2-3-5-9(8)14/h2-5,10,14H,6-7H2,1H3,(H,12,15). The summed E-state index contributed by atoms with van der Waals surface area (Å²) in [7, 11) is 1.62. The van der Waals surface area contributed by atoms with Gasteiger partial charge in [-0.15, -0.1) is 11.8 Å². The molecule has 0 radical (unpaired) electrons. The largest absolute Gasteiger partial charge is 0.508 e. The summed E-state index contributed by atoms with van der Waals surface area (Å²) in [6.07, 6.45) is 0. The minimum absolute atomic E-state index is 0.0823. The van der Waals surface area contributed by atoms with Gasteiger partial charge in [0.2, 0.25) is 0 Å². The van der Waals surface area contributed by atoms with E-state index in [-0.39, 0.29) is 17.2 Å². The van der Waals surface area contributed by atoms with E-state index in [0.29, 0.717) is 6.54 Å². The molecule has 0 aromatic heterocycles. The number of nitrogens with one attached hydrogen (secondary N) is 1. The van der Waals surface area contributed by atoms with Crippen LogP contribution in [0.25, 0.3) is 0 Å². The summed E-state index contributed by atoms with van der Waals surface area (Å²) in [6.45, 7) is 0.712. The van der Waals surface area contributed by atoms with Gasteiger partial charge in [0.1, 0.15) is 11.1 Å². The smallest absolute Gasteiger partial charge is 0.318 e. The lowest BCUT2D eigenvalue weighted by atomic mass is 10.2. The summed E-state index contributed by atoms with van der Waals surface area (Å²) >= 11 is 1.67. The number of rotatable bonds is 1. The Morgan fingerprint density at radius 2 is 2.31 bits per heavy atom. The average Bonchev–Trinajstić information content (AvgIpc) is 2.77. The Labute approximate surface area is 98.6 Å². The number of benzene rings is 1. The highest BCUT2D eigenvalue weighted by Gasteiger charge is 2.31. The molecule has 1 saturated heterocycles. The van der Waals surface area contributed by atoms with Gasteiger partial charge in [0.15, 0.2) is 0 Å². The second-order valence-electron chi connectivity index (χ2n) is 3.53. The molecule has 1 heterocycles. The molecule has 2 N–H and O–H groups in total. The minimum atomic E-state index is -0.0988. The van der Waals surface area contributed by atoms with Gasteiger partial charge in [-0.3, -0.25) is 0 Å². The zero-order valence-corrected chi connectivity index (χ0v) is 9.83. The van der Waals surface area contributed by atoms with Gasteiger partial charge >= 0.3 is 6.03 Å². The van der Waals surface area contributed by atoms with Crippen LogP contribution in [0.4, 0.5) is 4.79 Å². The maximum atomic E-state index is 11.6. The van der Waals surface area contributed by atoms with E-state index < -0.39 is 0 Å². The molecule has 0 bridgehead atoms. The van der Waals surface area contributed by atoms with Crippen LogP contribution < -0.4 is 5.32 Å². The highest BCUT2D eigenvalue weighted by Crippen LogP contribution is 2.41. The SMILES string of the molecule is CNC(=O)N1CCSC1c1ccccc1O.